The number of urea groups is 1. The highest BCUT2D eigenvalue weighted by atomic mass is 35.5. The molecule has 0 aromatic heterocycles. The molecule has 0 atom stereocenters. The van der Waals surface area contributed by atoms with Crippen molar-refractivity contribution in [3.8, 4) is 0 Å². The van der Waals surface area contributed by atoms with Gasteiger partial charge in [0.25, 0.3) is 0 Å². The van der Waals surface area contributed by atoms with Gasteiger partial charge in [0, 0.05) is 16.8 Å². The van der Waals surface area contributed by atoms with E-state index in [9.17, 15) is 9.59 Å². The van der Waals surface area contributed by atoms with E-state index in [1.54, 1.807) is 24.3 Å². The van der Waals surface area contributed by atoms with Gasteiger partial charge in [0.05, 0.1) is 7.11 Å². The standard InChI is InChI=1S/C13H17ClN2O3/c1-9(2)16(8-12(17)19-3)13(18)15-11-6-4-5-10(14)7-11/h4-7,9H,8H2,1-3H3,(H,15,18). The summed E-state index contributed by atoms with van der Waals surface area (Å²) in [4.78, 5) is 24.7. The minimum absolute atomic E-state index is 0.0967. The topological polar surface area (TPSA) is 58.6 Å². The number of amides is 2. The maximum absolute atomic E-state index is 12.1. The summed E-state index contributed by atoms with van der Waals surface area (Å²) in [5, 5.41) is 3.22. The van der Waals surface area contributed by atoms with Crippen molar-refractivity contribution in [2.75, 3.05) is 19.0 Å². The minimum atomic E-state index is -0.463. The average Bonchev–Trinajstić information content (AvgIpc) is 2.35. The third-order valence-corrected chi connectivity index (χ3v) is 2.72. The largest absolute Gasteiger partial charge is 0.468 e. The van der Waals surface area contributed by atoms with Gasteiger partial charge < -0.3 is 15.0 Å². The molecule has 0 unspecified atom stereocenters. The number of esters is 1. The summed E-state index contributed by atoms with van der Waals surface area (Å²) in [5.41, 5.74) is 0.577. The highest BCUT2D eigenvalue weighted by Gasteiger charge is 2.20. The van der Waals surface area contributed by atoms with Crippen molar-refractivity contribution in [2.24, 2.45) is 0 Å². The first-order valence-corrected chi connectivity index (χ1v) is 6.22. The SMILES string of the molecule is COC(=O)CN(C(=O)Nc1cccc(Cl)c1)C(C)C. The first-order chi connectivity index (χ1) is 8.93. The zero-order valence-corrected chi connectivity index (χ0v) is 11.9. The predicted octanol–water partition coefficient (Wildman–Crippen LogP) is 2.76. The zero-order chi connectivity index (χ0) is 14.4. The fraction of sp³-hybridized carbons (Fsp3) is 0.385. The first kappa shape index (κ1) is 15.3. The number of hydrogen-bond donors (Lipinski definition) is 1. The first-order valence-electron chi connectivity index (χ1n) is 5.84. The number of anilines is 1. The van der Waals surface area contributed by atoms with Crippen molar-refractivity contribution in [1.29, 1.82) is 0 Å². The Labute approximate surface area is 117 Å². The molecule has 0 radical (unpaired) electrons. The van der Waals surface area contributed by atoms with Crippen LogP contribution in [0.25, 0.3) is 0 Å². The van der Waals surface area contributed by atoms with Crippen LogP contribution in [0.5, 0.6) is 0 Å². The van der Waals surface area contributed by atoms with Crippen LogP contribution in [0.2, 0.25) is 5.02 Å². The van der Waals surface area contributed by atoms with Crippen LogP contribution in [0, 0.1) is 0 Å². The van der Waals surface area contributed by atoms with E-state index in [0.29, 0.717) is 10.7 Å². The van der Waals surface area contributed by atoms with E-state index < -0.39 is 5.97 Å². The molecule has 0 aliphatic rings. The van der Waals surface area contributed by atoms with Gasteiger partial charge in [-0.3, -0.25) is 4.79 Å². The summed E-state index contributed by atoms with van der Waals surface area (Å²) in [6.07, 6.45) is 0. The Bertz CT molecular complexity index is 463. The van der Waals surface area contributed by atoms with E-state index in [1.807, 2.05) is 13.8 Å². The summed E-state index contributed by atoms with van der Waals surface area (Å²) >= 11 is 5.84. The van der Waals surface area contributed by atoms with Crippen LogP contribution in [0.4, 0.5) is 10.5 Å². The molecule has 0 aliphatic carbocycles. The van der Waals surface area contributed by atoms with Gasteiger partial charge in [0.15, 0.2) is 0 Å². The summed E-state index contributed by atoms with van der Waals surface area (Å²) in [5.74, 6) is -0.463. The zero-order valence-electron chi connectivity index (χ0n) is 11.1. The molecule has 1 aromatic rings. The summed E-state index contributed by atoms with van der Waals surface area (Å²) in [6.45, 7) is 3.54. The molecule has 0 saturated carbocycles. The Kier molecular flexibility index (Phi) is 5.63. The average molecular weight is 285 g/mol. The number of carbonyl (C=O) groups excluding carboxylic acids is 2. The lowest BCUT2D eigenvalue weighted by atomic mass is 10.3. The Hall–Kier alpha value is -1.75. The van der Waals surface area contributed by atoms with Gasteiger partial charge in [-0.05, 0) is 32.0 Å². The number of methoxy groups -OCH3 is 1. The smallest absolute Gasteiger partial charge is 0.325 e. The maximum atomic E-state index is 12.1. The van der Waals surface area contributed by atoms with E-state index >= 15 is 0 Å². The highest BCUT2D eigenvalue weighted by Crippen LogP contribution is 2.15. The van der Waals surface area contributed by atoms with Gasteiger partial charge in [0.2, 0.25) is 0 Å². The van der Waals surface area contributed by atoms with Gasteiger partial charge in [-0.2, -0.15) is 0 Å². The van der Waals surface area contributed by atoms with Crippen molar-refractivity contribution in [3.05, 3.63) is 29.3 Å². The van der Waals surface area contributed by atoms with Crippen LogP contribution in [-0.2, 0) is 9.53 Å². The molecule has 0 heterocycles. The van der Waals surface area contributed by atoms with E-state index in [0.717, 1.165) is 0 Å². The maximum Gasteiger partial charge on any atom is 0.325 e. The van der Waals surface area contributed by atoms with E-state index in [2.05, 4.69) is 10.1 Å². The van der Waals surface area contributed by atoms with Crippen LogP contribution in [0.1, 0.15) is 13.8 Å². The molecule has 2 amide bonds. The molecule has 5 nitrogen and oxygen atoms in total. The van der Waals surface area contributed by atoms with Gasteiger partial charge >= 0.3 is 12.0 Å². The van der Waals surface area contributed by atoms with Crippen molar-refractivity contribution in [1.82, 2.24) is 4.90 Å². The molecule has 6 heteroatoms. The molecule has 1 N–H and O–H groups in total. The second-order valence-electron chi connectivity index (χ2n) is 4.24. The molecular weight excluding hydrogens is 268 g/mol. The van der Waals surface area contributed by atoms with E-state index in [1.165, 1.54) is 12.0 Å². The van der Waals surface area contributed by atoms with Crippen molar-refractivity contribution < 1.29 is 14.3 Å². The Morgan fingerprint density at radius 2 is 2.11 bits per heavy atom. The number of nitrogens with one attached hydrogen (secondary N) is 1. The Balaban J connectivity index is 2.75. The third-order valence-electron chi connectivity index (χ3n) is 2.49. The molecule has 0 saturated heterocycles. The Morgan fingerprint density at radius 3 is 2.63 bits per heavy atom. The molecular formula is C13H17ClN2O3. The van der Waals surface area contributed by atoms with E-state index in [-0.39, 0.29) is 18.6 Å². The highest BCUT2D eigenvalue weighted by molar-refractivity contribution is 6.30. The lowest BCUT2D eigenvalue weighted by Crippen LogP contribution is -2.43. The van der Waals surface area contributed by atoms with Crippen molar-refractivity contribution in [3.63, 3.8) is 0 Å². The third kappa shape index (κ3) is 4.79. The number of hydrogen-bond acceptors (Lipinski definition) is 3. The predicted molar refractivity (Wildman–Crippen MR) is 74.3 cm³/mol. The van der Waals surface area contributed by atoms with Crippen LogP contribution in [0.3, 0.4) is 0 Å². The second-order valence-corrected chi connectivity index (χ2v) is 4.67. The number of benzene rings is 1. The van der Waals surface area contributed by atoms with Crippen LogP contribution < -0.4 is 5.32 Å². The molecule has 0 aliphatic heterocycles. The fourth-order valence-corrected chi connectivity index (χ4v) is 1.64. The van der Waals surface area contributed by atoms with Gasteiger partial charge in [-0.15, -0.1) is 0 Å². The molecule has 0 spiro atoms. The number of nitrogens with zero attached hydrogens (tertiary/aromatic N) is 1. The van der Waals surface area contributed by atoms with Crippen LogP contribution >= 0.6 is 11.6 Å². The number of halogens is 1. The van der Waals surface area contributed by atoms with Crippen LogP contribution in [-0.4, -0.2) is 36.6 Å². The lowest BCUT2D eigenvalue weighted by Gasteiger charge is -2.25. The number of ether oxygens (including phenoxy) is 1. The van der Waals surface area contributed by atoms with Crippen molar-refractivity contribution >= 4 is 29.3 Å². The second kappa shape index (κ2) is 6.99. The molecule has 1 rings (SSSR count). The fourth-order valence-electron chi connectivity index (χ4n) is 1.45. The minimum Gasteiger partial charge on any atom is -0.468 e. The van der Waals surface area contributed by atoms with Gasteiger partial charge in [-0.1, -0.05) is 17.7 Å². The summed E-state index contributed by atoms with van der Waals surface area (Å²) in [6, 6.07) is 6.31. The van der Waals surface area contributed by atoms with Gasteiger partial charge in [-0.25, -0.2) is 4.79 Å². The molecule has 1 aromatic carbocycles. The molecule has 0 bridgehead atoms. The normalized spacial score (nSPS) is 10.2. The number of carbonyl (C=O) groups is 2. The molecule has 104 valence electrons. The Morgan fingerprint density at radius 1 is 1.42 bits per heavy atom. The quantitative estimate of drug-likeness (QED) is 0.865. The molecule has 0 fully saturated rings. The van der Waals surface area contributed by atoms with Crippen LogP contribution in [0.15, 0.2) is 24.3 Å². The van der Waals surface area contributed by atoms with E-state index in [4.69, 9.17) is 11.6 Å². The number of rotatable bonds is 4. The van der Waals surface area contributed by atoms with Gasteiger partial charge in [0.1, 0.15) is 6.54 Å². The molecule has 19 heavy (non-hydrogen) atoms. The summed E-state index contributed by atoms with van der Waals surface area (Å²) < 4.78 is 4.57. The lowest BCUT2D eigenvalue weighted by molar-refractivity contribution is -0.141. The monoisotopic (exact) mass is 284 g/mol. The van der Waals surface area contributed by atoms with Crippen molar-refractivity contribution in [2.45, 2.75) is 19.9 Å². The summed E-state index contributed by atoms with van der Waals surface area (Å²) in [7, 11) is 1.29.